The first-order valence-corrected chi connectivity index (χ1v) is 7.13. The SMILES string of the molecule is CCOC(=O)C1CCN(Cc2ccc(C)cc2)CC1. The number of aryl methyl sites for hydroxylation is 1. The fraction of sp³-hybridized carbons (Fsp3) is 0.562. The highest BCUT2D eigenvalue weighted by atomic mass is 16.5. The Balaban J connectivity index is 1.80. The molecule has 0 spiro atoms. The van der Waals surface area contributed by atoms with Crippen LogP contribution in [-0.2, 0) is 16.1 Å². The van der Waals surface area contributed by atoms with Crippen molar-refractivity contribution in [2.75, 3.05) is 19.7 Å². The Kier molecular flexibility index (Phi) is 4.97. The smallest absolute Gasteiger partial charge is 0.309 e. The molecule has 0 aliphatic carbocycles. The number of rotatable bonds is 4. The predicted octanol–water partition coefficient (Wildman–Crippen LogP) is 2.77. The maximum absolute atomic E-state index is 11.7. The second kappa shape index (κ2) is 6.71. The van der Waals surface area contributed by atoms with Crippen LogP contribution < -0.4 is 0 Å². The van der Waals surface area contributed by atoms with Crippen LogP contribution >= 0.6 is 0 Å². The molecule has 0 N–H and O–H groups in total. The van der Waals surface area contributed by atoms with Crippen molar-refractivity contribution in [1.82, 2.24) is 4.90 Å². The normalized spacial score (nSPS) is 17.4. The van der Waals surface area contributed by atoms with E-state index in [0.717, 1.165) is 32.5 Å². The van der Waals surface area contributed by atoms with Crippen LogP contribution in [0.15, 0.2) is 24.3 Å². The number of carbonyl (C=O) groups is 1. The van der Waals surface area contributed by atoms with E-state index in [1.54, 1.807) is 0 Å². The molecule has 0 unspecified atom stereocenters. The van der Waals surface area contributed by atoms with E-state index in [1.165, 1.54) is 11.1 Å². The zero-order valence-corrected chi connectivity index (χ0v) is 11.9. The molecule has 1 fully saturated rings. The monoisotopic (exact) mass is 261 g/mol. The van der Waals surface area contributed by atoms with Crippen LogP contribution in [0.1, 0.15) is 30.9 Å². The fourth-order valence-electron chi connectivity index (χ4n) is 2.54. The first-order valence-electron chi connectivity index (χ1n) is 7.13. The molecule has 0 bridgehead atoms. The Labute approximate surface area is 115 Å². The summed E-state index contributed by atoms with van der Waals surface area (Å²) < 4.78 is 5.09. The van der Waals surface area contributed by atoms with Crippen LogP contribution in [0.2, 0.25) is 0 Å². The number of piperidine rings is 1. The zero-order chi connectivity index (χ0) is 13.7. The van der Waals surface area contributed by atoms with Crippen molar-refractivity contribution in [3.63, 3.8) is 0 Å². The minimum atomic E-state index is -0.0162. The molecular formula is C16H23NO2. The van der Waals surface area contributed by atoms with Crippen molar-refractivity contribution in [3.05, 3.63) is 35.4 Å². The van der Waals surface area contributed by atoms with Gasteiger partial charge in [-0.05, 0) is 45.3 Å². The van der Waals surface area contributed by atoms with E-state index in [4.69, 9.17) is 4.74 Å². The highest BCUT2D eigenvalue weighted by Gasteiger charge is 2.25. The number of likely N-dealkylation sites (tertiary alicyclic amines) is 1. The van der Waals surface area contributed by atoms with Gasteiger partial charge in [-0.2, -0.15) is 0 Å². The van der Waals surface area contributed by atoms with Crippen molar-refractivity contribution >= 4 is 5.97 Å². The van der Waals surface area contributed by atoms with Crippen LogP contribution in [-0.4, -0.2) is 30.6 Å². The molecule has 1 heterocycles. The molecule has 3 heteroatoms. The molecule has 0 saturated carbocycles. The van der Waals surface area contributed by atoms with Crippen LogP contribution in [0.5, 0.6) is 0 Å². The molecule has 0 atom stereocenters. The molecule has 104 valence electrons. The van der Waals surface area contributed by atoms with Gasteiger partial charge in [0.15, 0.2) is 0 Å². The number of carbonyl (C=O) groups excluding carboxylic acids is 1. The Morgan fingerprint density at radius 1 is 1.26 bits per heavy atom. The topological polar surface area (TPSA) is 29.5 Å². The maximum atomic E-state index is 11.7. The van der Waals surface area contributed by atoms with Crippen LogP contribution in [0.4, 0.5) is 0 Å². The second-order valence-corrected chi connectivity index (χ2v) is 5.29. The van der Waals surface area contributed by atoms with Crippen LogP contribution in [0.3, 0.4) is 0 Å². The van der Waals surface area contributed by atoms with Crippen molar-refractivity contribution in [1.29, 1.82) is 0 Å². The quantitative estimate of drug-likeness (QED) is 0.781. The molecule has 19 heavy (non-hydrogen) atoms. The van der Waals surface area contributed by atoms with E-state index in [1.807, 2.05) is 6.92 Å². The molecule has 1 aromatic carbocycles. The average molecular weight is 261 g/mol. The van der Waals surface area contributed by atoms with Gasteiger partial charge in [-0.1, -0.05) is 29.8 Å². The number of hydrogen-bond donors (Lipinski definition) is 0. The molecule has 3 nitrogen and oxygen atoms in total. The highest BCUT2D eigenvalue weighted by molar-refractivity contribution is 5.72. The molecule has 1 aliphatic rings. The number of benzene rings is 1. The van der Waals surface area contributed by atoms with Crippen molar-refractivity contribution < 1.29 is 9.53 Å². The van der Waals surface area contributed by atoms with Crippen molar-refractivity contribution in [2.24, 2.45) is 5.92 Å². The minimum absolute atomic E-state index is 0.0162. The number of nitrogens with zero attached hydrogens (tertiary/aromatic N) is 1. The summed E-state index contributed by atoms with van der Waals surface area (Å²) in [5.74, 6) is 0.0895. The Hall–Kier alpha value is -1.35. The van der Waals surface area contributed by atoms with E-state index >= 15 is 0 Å². The van der Waals surface area contributed by atoms with Gasteiger partial charge < -0.3 is 4.74 Å². The van der Waals surface area contributed by atoms with Crippen LogP contribution in [0.25, 0.3) is 0 Å². The third-order valence-corrected chi connectivity index (χ3v) is 3.73. The number of hydrogen-bond acceptors (Lipinski definition) is 3. The van der Waals surface area contributed by atoms with E-state index < -0.39 is 0 Å². The first-order chi connectivity index (χ1) is 9.19. The number of esters is 1. The summed E-state index contributed by atoms with van der Waals surface area (Å²) >= 11 is 0. The van der Waals surface area contributed by atoms with Gasteiger partial charge in [0.05, 0.1) is 12.5 Å². The average Bonchev–Trinajstić information content (AvgIpc) is 2.42. The minimum Gasteiger partial charge on any atom is -0.466 e. The molecule has 1 aliphatic heterocycles. The molecule has 2 rings (SSSR count). The molecule has 0 amide bonds. The van der Waals surface area contributed by atoms with Gasteiger partial charge in [0.2, 0.25) is 0 Å². The summed E-state index contributed by atoms with van der Waals surface area (Å²) in [6.07, 6.45) is 1.84. The lowest BCUT2D eigenvalue weighted by molar-refractivity contribution is -0.149. The summed E-state index contributed by atoms with van der Waals surface area (Å²) in [6, 6.07) is 8.68. The molecular weight excluding hydrogens is 238 g/mol. The van der Waals surface area contributed by atoms with Crippen molar-refractivity contribution in [2.45, 2.75) is 33.2 Å². The standard InChI is InChI=1S/C16H23NO2/c1-3-19-16(18)15-8-10-17(11-9-15)12-14-6-4-13(2)5-7-14/h4-7,15H,3,8-12H2,1-2H3. The Morgan fingerprint density at radius 3 is 2.47 bits per heavy atom. The summed E-state index contributed by atoms with van der Waals surface area (Å²) in [4.78, 5) is 14.1. The predicted molar refractivity (Wildman–Crippen MR) is 75.8 cm³/mol. The van der Waals surface area contributed by atoms with Gasteiger partial charge in [0.25, 0.3) is 0 Å². The summed E-state index contributed by atoms with van der Waals surface area (Å²) in [5.41, 5.74) is 2.64. The van der Waals surface area contributed by atoms with Gasteiger partial charge in [-0.3, -0.25) is 9.69 Å². The van der Waals surface area contributed by atoms with E-state index in [9.17, 15) is 4.79 Å². The third-order valence-electron chi connectivity index (χ3n) is 3.73. The Bertz CT molecular complexity index is 405. The van der Waals surface area contributed by atoms with E-state index in [-0.39, 0.29) is 11.9 Å². The van der Waals surface area contributed by atoms with Gasteiger partial charge in [0, 0.05) is 6.54 Å². The van der Waals surface area contributed by atoms with Crippen molar-refractivity contribution in [3.8, 4) is 0 Å². The van der Waals surface area contributed by atoms with Gasteiger partial charge in [-0.25, -0.2) is 0 Å². The van der Waals surface area contributed by atoms with Crippen LogP contribution in [0, 0.1) is 12.8 Å². The summed E-state index contributed by atoms with van der Waals surface area (Å²) in [5, 5.41) is 0. The van der Waals surface area contributed by atoms with E-state index in [0.29, 0.717) is 6.61 Å². The zero-order valence-electron chi connectivity index (χ0n) is 11.9. The first kappa shape index (κ1) is 14.1. The molecule has 1 aromatic rings. The molecule has 0 aromatic heterocycles. The van der Waals surface area contributed by atoms with Gasteiger partial charge in [0.1, 0.15) is 0 Å². The molecule has 1 saturated heterocycles. The summed E-state index contributed by atoms with van der Waals surface area (Å²) in [7, 11) is 0. The summed E-state index contributed by atoms with van der Waals surface area (Å²) in [6.45, 7) is 7.41. The lowest BCUT2D eigenvalue weighted by atomic mass is 9.96. The maximum Gasteiger partial charge on any atom is 0.309 e. The van der Waals surface area contributed by atoms with Gasteiger partial charge >= 0.3 is 5.97 Å². The third kappa shape index (κ3) is 4.06. The highest BCUT2D eigenvalue weighted by Crippen LogP contribution is 2.20. The van der Waals surface area contributed by atoms with Gasteiger partial charge in [-0.15, -0.1) is 0 Å². The fourth-order valence-corrected chi connectivity index (χ4v) is 2.54. The Morgan fingerprint density at radius 2 is 1.89 bits per heavy atom. The number of ether oxygens (including phenoxy) is 1. The lowest BCUT2D eigenvalue weighted by Gasteiger charge is -2.30. The second-order valence-electron chi connectivity index (χ2n) is 5.29. The van der Waals surface area contributed by atoms with E-state index in [2.05, 4.69) is 36.1 Å². The molecule has 0 radical (unpaired) electrons. The largest absolute Gasteiger partial charge is 0.466 e. The lowest BCUT2D eigenvalue weighted by Crippen LogP contribution is -2.36.